The maximum absolute atomic E-state index is 13.4. The second-order valence-electron chi connectivity index (χ2n) is 7.31. The smallest absolute Gasteiger partial charge is 0.243 e. The number of amides is 1. The molecule has 5 nitrogen and oxygen atoms in total. The minimum atomic E-state index is -0.353. The number of aryl methyl sites for hydroxylation is 1. The van der Waals surface area contributed by atoms with Crippen molar-refractivity contribution in [2.75, 3.05) is 13.1 Å². The van der Waals surface area contributed by atoms with Crippen molar-refractivity contribution in [3.05, 3.63) is 53.4 Å². The van der Waals surface area contributed by atoms with E-state index < -0.39 is 0 Å². The topological polar surface area (TPSA) is 49.6 Å². The molecule has 1 aromatic heterocycles. The zero-order valence-corrected chi connectivity index (χ0v) is 14.8. The highest BCUT2D eigenvalue weighted by atomic mass is 16.5. The molecule has 25 heavy (non-hydrogen) atoms. The van der Waals surface area contributed by atoms with Gasteiger partial charge in [0, 0.05) is 19.2 Å². The Balaban J connectivity index is 1.53. The van der Waals surface area contributed by atoms with E-state index in [4.69, 9.17) is 4.52 Å². The summed E-state index contributed by atoms with van der Waals surface area (Å²) in [7, 11) is 0. The number of piperidine rings is 1. The third kappa shape index (κ3) is 3.09. The quantitative estimate of drug-likeness (QED) is 0.859. The van der Waals surface area contributed by atoms with Crippen LogP contribution in [0.3, 0.4) is 0 Å². The summed E-state index contributed by atoms with van der Waals surface area (Å²) >= 11 is 0. The first kappa shape index (κ1) is 16.3. The van der Waals surface area contributed by atoms with E-state index in [0.29, 0.717) is 13.1 Å². The number of hydrogen-bond acceptors (Lipinski definition) is 4. The largest absolute Gasteiger partial charge is 0.360 e. The summed E-state index contributed by atoms with van der Waals surface area (Å²) in [6.07, 6.45) is 4.02. The summed E-state index contributed by atoms with van der Waals surface area (Å²) in [5.41, 5.74) is 1.74. The molecule has 1 aromatic carbocycles. The number of nitrogens with zero attached hydrogens (tertiary/aromatic N) is 3. The van der Waals surface area contributed by atoms with Gasteiger partial charge in [-0.2, -0.15) is 0 Å². The van der Waals surface area contributed by atoms with E-state index in [2.05, 4.69) is 22.2 Å². The van der Waals surface area contributed by atoms with Gasteiger partial charge < -0.3 is 9.42 Å². The molecule has 0 saturated carbocycles. The van der Waals surface area contributed by atoms with Crippen LogP contribution in [0, 0.1) is 6.92 Å². The highest BCUT2D eigenvalue weighted by Gasteiger charge is 2.50. The fraction of sp³-hybridized carbons (Fsp3) is 0.500. The maximum Gasteiger partial charge on any atom is 0.243 e. The molecule has 1 spiro atoms. The van der Waals surface area contributed by atoms with Gasteiger partial charge in [-0.3, -0.25) is 9.69 Å². The number of carbonyl (C=O) groups excluding carboxylic acids is 1. The Bertz CT molecular complexity index is 742. The van der Waals surface area contributed by atoms with E-state index in [1.165, 1.54) is 5.56 Å². The van der Waals surface area contributed by atoms with Crippen LogP contribution in [0.1, 0.15) is 42.7 Å². The van der Waals surface area contributed by atoms with Crippen LogP contribution in [0.15, 0.2) is 40.9 Å². The van der Waals surface area contributed by atoms with Crippen molar-refractivity contribution in [2.45, 2.75) is 51.2 Å². The molecular formula is C20H25N3O2. The van der Waals surface area contributed by atoms with Crippen molar-refractivity contribution in [1.29, 1.82) is 0 Å². The van der Waals surface area contributed by atoms with Crippen LogP contribution in [-0.4, -0.2) is 39.5 Å². The summed E-state index contributed by atoms with van der Waals surface area (Å²) < 4.78 is 5.40. The Hall–Kier alpha value is -2.14. The minimum absolute atomic E-state index is 0.288. The molecule has 1 unspecified atom stereocenters. The summed E-state index contributed by atoms with van der Waals surface area (Å²) in [5.74, 6) is 1.14. The van der Waals surface area contributed by atoms with Gasteiger partial charge in [0.25, 0.3) is 0 Å². The first-order valence-electron chi connectivity index (χ1n) is 9.18. The van der Waals surface area contributed by atoms with Crippen LogP contribution >= 0.6 is 0 Å². The summed E-state index contributed by atoms with van der Waals surface area (Å²) in [4.78, 5) is 17.8. The van der Waals surface area contributed by atoms with Gasteiger partial charge in [0.15, 0.2) is 5.76 Å². The number of aromatic nitrogens is 1. The van der Waals surface area contributed by atoms with E-state index in [1.807, 2.05) is 36.1 Å². The predicted molar refractivity (Wildman–Crippen MR) is 94.7 cm³/mol. The van der Waals surface area contributed by atoms with Gasteiger partial charge in [-0.1, -0.05) is 35.5 Å². The van der Waals surface area contributed by atoms with E-state index in [9.17, 15) is 4.79 Å². The molecule has 2 aliphatic heterocycles. The van der Waals surface area contributed by atoms with Gasteiger partial charge in [-0.25, -0.2) is 0 Å². The molecule has 0 aliphatic carbocycles. The summed E-state index contributed by atoms with van der Waals surface area (Å²) in [5, 5.41) is 3.99. The average molecular weight is 339 g/mol. The fourth-order valence-electron chi connectivity index (χ4n) is 4.39. The van der Waals surface area contributed by atoms with Gasteiger partial charge in [0.05, 0.1) is 12.2 Å². The standard InChI is InChI=1S/C20H25N3O2/c1-16-13-18(25-21-16)15-23-12-6-10-20(23)9-5-11-22(19(20)24)14-17-7-3-2-4-8-17/h2-4,7-8,13H,5-6,9-12,14-15H2,1H3. The van der Waals surface area contributed by atoms with Gasteiger partial charge in [0.1, 0.15) is 5.54 Å². The molecule has 0 radical (unpaired) electrons. The van der Waals surface area contributed by atoms with E-state index in [0.717, 1.165) is 50.2 Å². The lowest BCUT2D eigenvalue weighted by atomic mass is 9.85. The number of carbonyl (C=O) groups is 1. The zero-order chi connectivity index (χ0) is 17.3. The van der Waals surface area contributed by atoms with Gasteiger partial charge in [-0.15, -0.1) is 0 Å². The number of likely N-dealkylation sites (tertiary alicyclic amines) is 2. The minimum Gasteiger partial charge on any atom is -0.360 e. The van der Waals surface area contributed by atoms with Crippen molar-refractivity contribution in [3.8, 4) is 0 Å². The van der Waals surface area contributed by atoms with Crippen molar-refractivity contribution >= 4 is 5.91 Å². The second-order valence-corrected chi connectivity index (χ2v) is 7.31. The summed E-state index contributed by atoms with van der Waals surface area (Å²) in [6.45, 7) is 5.11. The van der Waals surface area contributed by atoms with Crippen molar-refractivity contribution in [2.24, 2.45) is 0 Å². The Morgan fingerprint density at radius 3 is 2.60 bits per heavy atom. The molecule has 3 heterocycles. The molecule has 1 atom stereocenters. The van der Waals surface area contributed by atoms with E-state index >= 15 is 0 Å². The van der Waals surface area contributed by atoms with Crippen LogP contribution in [0.4, 0.5) is 0 Å². The lowest BCUT2D eigenvalue weighted by Crippen LogP contribution is -2.59. The normalized spacial score (nSPS) is 24.4. The maximum atomic E-state index is 13.4. The van der Waals surface area contributed by atoms with Crippen LogP contribution in [0.25, 0.3) is 0 Å². The first-order chi connectivity index (χ1) is 12.2. The van der Waals surface area contributed by atoms with Crippen molar-refractivity contribution < 1.29 is 9.32 Å². The number of benzene rings is 1. The lowest BCUT2D eigenvalue weighted by Gasteiger charge is -2.44. The summed E-state index contributed by atoms with van der Waals surface area (Å²) in [6, 6.07) is 12.2. The molecular weight excluding hydrogens is 314 g/mol. The van der Waals surface area contributed by atoms with Crippen LogP contribution in [0.2, 0.25) is 0 Å². The fourth-order valence-corrected chi connectivity index (χ4v) is 4.39. The van der Waals surface area contributed by atoms with Crippen LogP contribution < -0.4 is 0 Å². The van der Waals surface area contributed by atoms with Crippen LogP contribution in [0.5, 0.6) is 0 Å². The third-order valence-corrected chi connectivity index (χ3v) is 5.57. The zero-order valence-electron chi connectivity index (χ0n) is 14.8. The molecule has 5 heteroatoms. The highest BCUT2D eigenvalue weighted by Crippen LogP contribution is 2.39. The Kier molecular flexibility index (Phi) is 4.34. The lowest BCUT2D eigenvalue weighted by molar-refractivity contribution is -0.148. The monoisotopic (exact) mass is 339 g/mol. The Morgan fingerprint density at radius 2 is 1.88 bits per heavy atom. The molecule has 0 N–H and O–H groups in total. The van der Waals surface area contributed by atoms with Crippen molar-refractivity contribution in [1.82, 2.24) is 15.0 Å². The molecule has 1 amide bonds. The highest BCUT2D eigenvalue weighted by molar-refractivity contribution is 5.87. The number of rotatable bonds is 4. The van der Waals surface area contributed by atoms with E-state index in [1.54, 1.807) is 0 Å². The molecule has 2 saturated heterocycles. The second kappa shape index (κ2) is 6.64. The molecule has 2 fully saturated rings. The average Bonchev–Trinajstić information content (AvgIpc) is 3.21. The molecule has 132 valence electrons. The SMILES string of the molecule is Cc1cc(CN2CCCC23CCCN(Cc2ccccc2)C3=O)on1. The van der Waals surface area contributed by atoms with Crippen molar-refractivity contribution in [3.63, 3.8) is 0 Å². The first-order valence-corrected chi connectivity index (χ1v) is 9.18. The molecule has 4 rings (SSSR count). The predicted octanol–water partition coefficient (Wildman–Crippen LogP) is 3.14. The molecule has 2 aromatic rings. The van der Waals surface area contributed by atoms with Gasteiger partial charge in [-0.05, 0) is 44.7 Å². The Labute approximate surface area is 148 Å². The molecule has 0 bridgehead atoms. The van der Waals surface area contributed by atoms with Gasteiger partial charge >= 0.3 is 0 Å². The number of hydrogen-bond donors (Lipinski definition) is 0. The van der Waals surface area contributed by atoms with Crippen LogP contribution in [-0.2, 0) is 17.9 Å². The Morgan fingerprint density at radius 1 is 1.12 bits per heavy atom. The third-order valence-electron chi connectivity index (χ3n) is 5.57. The van der Waals surface area contributed by atoms with Gasteiger partial charge in [0.2, 0.25) is 5.91 Å². The van der Waals surface area contributed by atoms with E-state index in [-0.39, 0.29) is 11.4 Å². The molecule has 2 aliphatic rings.